The first-order valence-electron chi connectivity index (χ1n) is 6.56. The van der Waals surface area contributed by atoms with E-state index in [1.807, 2.05) is 20.8 Å². The lowest BCUT2D eigenvalue weighted by Crippen LogP contribution is -2.32. The molecule has 0 heterocycles. The summed E-state index contributed by atoms with van der Waals surface area (Å²) in [6.07, 6.45) is -0.124. The molecule has 0 atom stereocenters. The number of hydrogen-bond acceptors (Lipinski definition) is 4. The van der Waals surface area contributed by atoms with Crippen molar-refractivity contribution < 1.29 is 19.1 Å². The molecular weight excluding hydrogens is 258 g/mol. The predicted molar refractivity (Wildman–Crippen MR) is 75.4 cm³/mol. The van der Waals surface area contributed by atoms with Gasteiger partial charge in [0.2, 0.25) is 0 Å². The van der Waals surface area contributed by atoms with Gasteiger partial charge in [-0.25, -0.2) is 4.79 Å². The van der Waals surface area contributed by atoms with Crippen LogP contribution in [-0.2, 0) is 16.1 Å². The third-order valence-electron chi connectivity index (χ3n) is 2.28. The van der Waals surface area contributed by atoms with E-state index in [0.29, 0.717) is 18.7 Å². The third-order valence-corrected chi connectivity index (χ3v) is 2.28. The summed E-state index contributed by atoms with van der Waals surface area (Å²) in [6.45, 7) is 7.52. The molecule has 0 fully saturated rings. The molecule has 0 unspecified atom stereocenters. The molecule has 1 amide bonds. The van der Waals surface area contributed by atoms with Gasteiger partial charge in [-0.1, -0.05) is 19.1 Å². The Balaban J connectivity index is 2.46. The molecule has 0 radical (unpaired) electrons. The fourth-order valence-electron chi connectivity index (χ4n) is 1.37. The molecule has 5 heteroatoms. The van der Waals surface area contributed by atoms with Crippen LogP contribution in [0.15, 0.2) is 24.3 Å². The molecule has 1 N–H and O–H groups in total. The van der Waals surface area contributed by atoms with Crippen LogP contribution in [-0.4, -0.2) is 17.7 Å². The van der Waals surface area contributed by atoms with Crippen LogP contribution in [0.3, 0.4) is 0 Å². The van der Waals surface area contributed by atoms with Gasteiger partial charge < -0.3 is 14.8 Å². The summed E-state index contributed by atoms with van der Waals surface area (Å²) < 4.78 is 10.2. The molecule has 0 bridgehead atoms. The highest BCUT2D eigenvalue weighted by molar-refractivity contribution is 5.72. The number of ether oxygens (including phenoxy) is 2. The minimum absolute atomic E-state index is 0.273. The van der Waals surface area contributed by atoms with E-state index in [9.17, 15) is 9.59 Å². The second-order valence-corrected chi connectivity index (χ2v) is 5.33. The van der Waals surface area contributed by atoms with Crippen LogP contribution in [0, 0.1) is 0 Å². The average Bonchev–Trinajstić information content (AvgIpc) is 2.36. The van der Waals surface area contributed by atoms with Crippen LogP contribution in [0.1, 0.15) is 39.7 Å². The summed E-state index contributed by atoms with van der Waals surface area (Å²) in [5, 5.41) is 2.66. The standard InChI is InChI=1S/C15H21NO4/c1-5-13(17)19-12-8-6-11(7-9-12)10-16-14(18)20-15(2,3)4/h6-9H,5,10H2,1-4H3,(H,16,18). The van der Waals surface area contributed by atoms with Crippen LogP contribution in [0.25, 0.3) is 0 Å². The first kappa shape index (κ1) is 16.0. The van der Waals surface area contributed by atoms with Gasteiger partial charge in [-0.2, -0.15) is 0 Å². The summed E-state index contributed by atoms with van der Waals surface area (Å²) in [5.41, 5.74) is 0.384. The Hall–Kier alpha value is -2.04. The molecule has 0 spiro atoms. The Morgan fingerprint density at radius 1 is 1.15 bits per heavy atom. The molecule has 110 valence electrons. The number of rotatable bonds is 4. The largest absolute Gasteiger partial charge is 0.444 e. The van der Waals surface area contributed by atoms with E-state index in [-0.39, 0.29) is 5.97 Å². The maximum Gasteiger partial charge on any atom is 0.407 e. The molecule has 0 saturated heterocycles. The normalized spacial score (nSPS) is 10.8. The summed E-state index contributed by atoms with van der Waals surface area (Å²) in [4.78, 5) is 22.6. The second-order valence-electron chi connectivity index (χ2n) is 5.33. The van der Waals surface area contributed by atoms with Gasteiger partial charge in [-0.3, -0.25) is 4.79 Å². The zero-order chi connectivity index (χ0) is 15.2. The molecule has 0 aliphatic heterocycles. The molecule has 0 aliphatic rings. The number of hydrogen-bond donors (Lipinski definition) is 1. The van der Waals surface area contributed by atoms with Crippen molar-refractivity contribution in [1.82, 2.24) is 5.32 Å². The lowest BCUT2D eigenvalue weighted by Gasteiger charge is -2.19. The van der Waals surface area contributed by atoms with E-state index < -0.39 is 11.7 Å². The first-order valence-corrected chi connectivity index (χ1v) is 6.56. The van der Waals surface area contributed by atoms with Crippen LogP contribution in [0.2, 0.25) is 0 Å². The van der Waals surface area contributed by atoms with Gasteiger partial charge >= 0.3 is 12.1 Å². The Kier molecular flexibility index (Phi) is 5.55. The highest BCUT2D eigenvalue weighted by atomic mass is 16.6. The third kappa shape index (κ3) is 6.22. The fraction of sp³-hybridized carbons (Fsp3) is 0.467. The van der Waals surface area contributed by atoms with Crippen molar-refractivity contribution in [1.29, 1.82) is 0 Å². The van der Waals surface area contributed by atoms with Crippen LogP contribution >= 0.6 is 0 Å². The average molecular weight is 279 g/mol. The lowest BCUT2D eigenvalue weighted by atomic mass is 10.2. The lowest BCUT2D eigenvalue weighted by molar-refractivity contribution is -0.134. The molecule has 0 aromatic heterocycles. The van der Waals surface area contributed by atoms with E-state index >= 15 is 0 Å². The summed E-state index contributed by atoms with van der Waals surface area (Å²) in [5.74, 6) is 0.225. The number of esters is 1. The van der Waals surface area contributed by atoms with Crippen LogP contribution in [0.4, 0.5) is 4.79 Å². The minimum Gasteiger partial charge on any atom is -0.444 e. The molecule has 20 heavy (non-hydrogen) atoms. The SMILES string of the molecule is CCC(=O)Oc1ccc(CNC(=O)OC(C)(C)C)cc1. The van der Waals surface area contributed by atoms with E-state index in [0.717, 1.165) is 5.56 Å². The number of carbonyl (C=O) groups is 2. The minimum atomic E-state index is -0.512. The molecule has 0 aliphatic carbocycles. The van der Waals surface area contributed by atoms with Crippen LogP contribution in [0.5, 0.6) is 5.75 Å². The summed E-state index contributed by atoms with van der Waals surface area (Å²) in [6, 6.07) is 6.96. The van der Waals surface area contributed by atoms with Crippen molar-refractivity contribution in [2.24, 2.45) is 0 Å². The molecule has 1 rings (SSSR count). The van der Waals surface area contributed by atoms with Crippen molar-refractivity contribution in [3.8, 4) is 5.75 Å². The van der Waals surface area contributed by atoms with Gasteiger partial charge in [-0.15, -0.1) is 0 Å². The Morgan fingerprint density at radius 3 is 2.25 bits per heavy atom. The molecule has 1 aromatic carbocycles. The number of amides is 1. The molecular formula is C15H21NO4. The number of nitrogens with one attached hydrogen (secondary N) is 1. The first-order chi connectivity index (χ1) is 9.30. The van der Waals surface area contributed by atoms with Crippen molar-refractivity contribution in [2.45, 2.75) is 46.3 Å². The Labute approximate surface area is 119 Å². The Morgan fingerprint density at radius 2 is 1.75 bits per heavy atom. The van der Waals surface area contributed by atoms with Gasteiger partial charge in [0.15, 0.2) is 0 Å². The van der Waals surface area contributed by atoms with Crippen molar-refractivity contribution in [3.05, 3.63) is 29.8 Å². The van der Waals surface area contributed by atoms with E-state index in [2.05, 4.69) is 5.32 Å². The van der Waals surface area contributed by atoms with E-state index in [1.165, 1.54) is 0 Å². The van der Waals surface area contributed by atoms with Gasteiger partial charge in [-0.05, 0) is 38.5 Å². The second kappa shape index (κ2) is 6.93. The highest BCUT2D eigenvalue weighted by Gasteiger charge is 2.15. The number of alkyl carbamates (subject to hydrolysis) is 1. The smallest absolute Gasteiger partial charge is 0.407 e. The molecule has 1 aromatic rings. The summed E-state index contributed by atoms with van der Waals surface area (Å²) >= 11 is 0. The van der Waals surface area contributed by atoms with E-state index in [1.54, 1.807) is 31.2 Å². The molecule has 0 saturated carbocycles. The number of carbonyl (C=O) groups excluding carboxylic acids is 2. The maximum atomic E-state index is 11.5. The van der Waals surface area contributed by atoms with Crippen LogP contribution < -0.4 is 10.1 Å². The van der Waals surface area contributed by atoms with Crippen molar-refractivity contribution >= 4 is 12.1 Å². The predicted octanol–water partition coefficient (Wildman–Crippen LogP) is 3.03. The zero-order valence-electron chi connectivity index (χ0n) is 12.4. The van der Waals surface area contributed by atoms with Crippen molar-refractivity contribution in [3.63, 3.8) is 0 Å². The van der Waals surface area contributed by atoms with E-state index in [4.69, 9.17) is 9.47 Å². The van der Waals surface area contributed by atoms with Gasteiger partial charge in [0.25, 0.3) is 0 Å². The molecule has 5 nitrogen and oxygen atoms in total. The Bertz CT molecular complexity index is 460. The fourth-order valence-corrected chi connectivity index (χ4v) is 1.37. The van der Waals surface area contributed by atoms with Gasteiger partial charge in [0.1, 0.15) is 11.4 Å². The van der Waals surface area contributed by atoms with Gasteiger partial charge in [0.05, 0.1) is 0 Å². The summed E-state index contributed by atoms with van der Waals surface area (Å²) in [7, 11) is 0. The zero-order valence-corrected chi connectivity index (χ0v) is 12.4. The monoisotopic (exact) mass is 279 g/mol. The quantitative estimate of drug-likeness (QED) is 0.679. The van der Waals surface area contributed by atoms with Crippen molar-refractivity contribution in [2.75, 3.05) is 0 Å². The number of benzene rings is 1. The highest BCUT2D eigenvalue weighted by Crippen LogP contribution is 2.13. The topological polar surface area (TPSA) is 64.6 Å². The van der Waals surface area contributed by atoms with Gasteiger partial charge in [0, 0.05) is 13.0 Å². The maximum absolute atomic E-state index is 11.5.